The molecule has 0 saturated carbocycles. The van der Waals surface area contributed by atoms with Crippen LogP contribution in [-0.2, 0) is 9.84 Å². The molecular weight excluding hydrogens is 367 g/mol. The maximum absolute atomic E-state index is 13.6. The molecule has 8 heteroatoms. The topological polar surface area (TPSA) is 82.3 Å². The molecule has 1 aliphatic heterocycles. The van der Waals surface area contributed by atoms with E-state index in [-0.39, 0.29) is 16.6 Å². The van der Waals surface area contributed by atoms with Crippen LogP contribution in [0.15, 0.2) is 41.3 Å². The molecular formula is C19H25FN4O2S. The van der Waals surface area contributed by atoms with Gasteiger partial charge in [0.1, 0.15) is 16.1 Å². The third-order valence-electron chi connectivity index (χ3n) is 5.00. The number of hydrogen-bond acceptors (Lipinski definition) is 6. The highest BCUT2D eigenvalue weighted by Crippen LogP contribution is 2.40. The number of sulfone groups is 1. The van der Waals surface area contributed by atoms with Crippen LogP contribution >= 0.6 is 0 Å². The molecule has 146 valence electrons. The highest BCUT2D eigenvalue weighted by molar-refractivity contribution is 7.92. The van der Waals surface area contributed by atoms with Crippen LogP contribution in [-0.4, -0.2) is 41.5 Å². The van der Waals surface area contributed by atoms with E-state index in [0.29, 0.717) is 24.3 Å². The summed E-state index contributed by atoms with van der Waals surface area (Å²) in [5.41, 5.74) is 2.67. The summed E-state index contributed by atoms with van der Waals surface area (Å²) in [4.78, 5) is 0.234. The van der Waals surface area contributed by atoms with Crippen molar-refractivity contribution in [3.05, 3.63) is 47.8 Å². The Balaban J connectivity index is 2.09. The average Bonchev–Trinajstić information content (AvgIpc) is 3.18. The van der Waals surface area contributed by atoms with Crippen LogP contribution in [0.3, 0.4) is 0 Å². The van der Waals surface area contributed by atoms with Crippen molar-refractivity contribution in [3.8, 4) is 0 Å². The first-order valence-corrected chi connectivity index (χ1v) is 10.4. The van der Waals surface area contributed by atoms with Crippen LogP contribution < -0.4 is 21.3 Å². The van der Waals surface area contributed by atoms with Crippen LogP contribution in [0.2, 0.25) is 0 Å². The van der Waals surface area contributed by atoms with Gasteiger partial charge in [-0.3, -0.25) is 0 Å². The Morgan fingerprint density at radius 3 is 2.11 bits per heavy atom. The summed E-state index contributed by atoms with van der Waals surface area (Å²) in [6, 6.07) is 9.62. The fraction of sp³-hybridized carbons (Fsp3) is 0.368. The summed E-state index contributed by atoms with van der Waals surface area (Å²) in [5.74, 6) is -0.573. The monoisotopic (exact) mass is 392 g/mol. The van der Waals surface area contributed by atoms with Crippen LogP contribution in [0.5, 0.6) is 0 Å². The summed E-state index contributed by atoms with van der Waals surface area (Å²) < 4.78 is 40.5. The molecule has 1 saturated heterocycles. The summed E-state index contributed by atoms with van der Waals surface area (Å²) in [6.45, 7) is 0.588. The van der Waals surface area contributed by atoms with Gasteiger partial charge in [0.05, 0.1) is 11.4 Å². The summed E-state index contributed by atoms with van der Waals surface area (Å²) in [6.07, 6.45) is 0.675. The molecule has 0 bridgehead atoms. The standard InChI is InChI=1S/C19H25FN4O2S/c1-21-14-10-16(22-2)18(17(11-14)23-3)27(25,26)19-15(8-9-24-19)12-4-6-13(20)7-5-12/h4-7,10-11,15,19,21-24H,8-9H2,1-3H3. The minimum absolute atomic E-state index is 0.234. The fourth-order valence-electron chi connectivity index (χ4n) is 3.63. The van der Waals surface area contributed by atoms with E-state index < -0.39 is 15.2 Å². The van der Waals surface area contributed by atoms with E-state index in [2.05, 4.69) is 21.3 Å². The Labute approximate surface area is 159 Å². The number of benzene rings is 2. The van der Waals surface area contributed by atoms with Crippen LogP contribution in [0.25, 0.3) is 0 Å². The van der Waals surface area contributed by atoms with E-state index >= 15 is 0 Å². The third kappa shape index (κ3) is 3.59. The van der Waals surface area contributed by atoms with Gasteiger partial charge in [0.15, 0.2) is 9.84 Å². The Morgan fingerprint density at radius 1 is 1.00 bits per heavy atom. The molecule has 1 aliphatic rings. The van der Waals surface area contributed by atoms with E-state index in [4.69, 9.17) is 0 Å². The highest BCUT2D eigenvalue weighted by atomic mass is 32.2. The van der Waals surface area contributed by atoms with Gasteiger partial charge in [0.25, 0.3) is 0 Å². The second-order valence-electron chi connectivity index (χ2n) is 6.52. The van der Waals surface area contributed by atoms with Crippen molar-refractivity contribution < 1.29 is 12.8 Å². The van der Waals surface area contributed by atoms with Gasteiger partial charge in [0, 0.05) is 32.7 Å². The highest BCUT2D eigenvalue weighted by Gasteiger charge is 2.41. The first-order chi connectivity index (χ1) is 12.9. The number of rotatable bonds is 6. The van der Waals surface area contributed by atoms with Gasteiger partial charge in [-0.1, -0.05) is 12.1 Å². The zero-order valence-corrected chi connectivity index (χ0v) is 16.5. The molecule has 0 radical (unpaired) electrons. The lowest BCUT2D eigenvalue weighted by Gasteiger charge is -2.24. The van der Waals surface area contributed by atoms with Crippen LogP contribution in [0, 0.1) is 5.82 Å². The maximum atomic E-state index is 13.6. The van der Waals surface area contributed by atoms with Crippen molar-refractivity contribution in [1.29, 1.82) is 0 Å². The first-order valence-electron chi connectivity index (χ1n) is 8.86. The zero-order chi connectivity index (χ0) is 19.6. The Kier molecular flexibility index (Phi) is 5.57. The van der Waals surface area contributed by atoms with Crippen molar-refractivity contribution in [2.45, 2.75) is 22.6 Å². The minimum Gasteiger partial charge on any atom is -0.388 e. The molecule has 1 heterocycles. The van der Waals surface area contributed by atoms with E-state index in [1.807, 2.05) is 0 Å². The quantitative estimate of drug-likeness (QED) is 0.605. The van der Waals surface area contributed by atoms with Gasteiger partial charge < -0.3 is 21.3 Å². The van der Waals surface area contributed by atoms with Gasteiger partial charge in [-0.05, 0) is 42.8 Å². The largest absolute Gasteiger partial charge is 0.388 e. The molecule has 2 aromatic carbocycles. The first kappa shape index (κ1) is 19.4. The molecule has 0 spiro atoms. The molecule has 2 aromatic rings. The second kappa shape index (κ2) is 7.74. The molecule has 0 aliphatic carbocycles. The van der Waals surface area contributed by atoms with E-state index in [9.17, 15) is 12.8 Å². The van der Waals surface area contributed by atoms with Gasteiger partial charge in [0.2, 0.25) is 0 Å². The maximum Gasteiger partial charge on any atom is 0.198 e. The molecule has 2 atom stereocenters. The fourth-order valence-corrected chi connectivity index (χ4v) is 5.88. The molecule has 1 fully saturated rings. The number of hydrogen-bond donors (Lipinski definition) is 4. The summed E-state index contributed by atoms with van der Waals surface area (Å²) >= 11 is 0. The van der Waals surface area contributed by atoms with Gasteiger partial charge in [-0.25, -0.2) is 12.8 Å². The molecule has 4 N–H and O–H groups in total. The lowest BCUT2D eigenvalue weighted by Crippen LogP contribution is -2.35. The van der Waals surface area contributed by atoms with Gasteiger partial charge in [-0.15, -0.1) is 0 Å². The third-order valence-corrected chi connectivity index (χ3v) is 7.17. The van der Waals surface area contributed by atoms with E-state index in [1.165, 1.54) is 12.1 Å². The van der Waals surface area contributed by atoms with Gasteiger partial charge >= 0.3 is 0 Å². The number of anilines is 3. The summed E-state index contributed by atoms with van der Waals surface area (Å²) in [7, 11) is 1.47. The lowest BCUT2D eigenvalue weighted by atomic mass is 9.98. The lowest BCUT2D eigenvalue weighted by molar-refractivity contribution is 0.559. The normalized spacial score (nSPS) is 19.7. The van der Waals surface area contributed by atoms with E-state index in [0.717, 1.165) is 11.3 Å². The predicted molar refractivity (Wildman–Crippen MR) is 108 cm³/mol. The molecule has 2 unspecified atom stereocenters. The smallest absolute Gasteiger partial charge is 0.198 e. The van der Waals surface area contributed by atoms with Crippen molar-refractivity contribution in [2.75, 3.05) is 43.6 Å². The van der Waals surface area contributed by atoms with Gasteiger partial charge in [-0.2, -0.15) is 0 Å². The van der Waals surface area contributed by atoms with Crippen LogP contribution in [0.4, 0.5) is 21.5 Å². The zero-order valence-electron chi connectivity index (χ0n) is 15.6. The molecule has 0 aromatic heterocycles. The SMILES string of the molecule is CNc1cc(NC)c(S(=O)(=O)C2NCCC2c2ccc(F)cc2)c(NC)c1. The number of nitrogens with one attached hydrogen (secondary N) is 4. The van der Waals surface area contributed by atoms with Crippen molar-refractivity contribution in [1.82, 2.24) is 5.32 Å². The molecule has 6 nitrogen and oxygen atoms in total. The number of halogens is 1. The predicted octanol–water partition coefficient (Wildman–Crippen LogP) is 2.83. The summed E-state index contributed by atoms with van der Waals surface area (Å²) in [5, 5.41) is 11.4. The Morgan fingerprint density at radius 2 is 1.59 bits per heavy atom. The van der Waals surface area contributed by atoms with E-state index in [1.54, 1.807) is 45.4 Å². The Hall–Kier alpha value is -2.32. The molecule has 27 heavy (non-hydrogen) atoms. The minimum atomic E-state index is -3.71. The van der Waals surface area contributed by atoms with Crippen molar-refractivity contribution >= 4 is 26.9 Å². The van der Waals surface area contributed by atoms with Crippen LogP contribution in [0.1, 0.15) is 17.9 Å². The molecule has 0 amide bonds. The van der Waals surface area contributed by atoms with Crippen molar-refractivity contribution in [2.24, 2.45) is 0 Å². The second-order valence-corrected chi connectivity index (χ2v) is 8.52. The molecule has 3 rings (SSSR count). The average molecular weight is 393 g/mol. The van der Waals surface area contributed by atoms with Crippen molar-refractivity contribution in [3.63, 3.8) is 0 Å². The Bertz CT molecular complexity index is 891.